The Labute approximate surface area is 291 Å². The molecule has 1 unspecified atom stereocenters. The van der Waals surface area contributed by atoms with Gasteiger partial charge in [-0.1, -0.05) is 67.5 Å². The Morgan fingerprint density at radius 1 is 0.708 bits per heavy atom. The third kappa shape index (κ3) is 7.51. The summed E-state index contributed by atoms with van der Waals surface area (Å²) in [5.41, 5.74) is 5.43. The van der Waals surface area contributed by atoms with Crippen LogP contribution in [-0.4, -0.2) is 54.4 Å². The van der Waals surface area contributed by atoms with Crippen LogP contribution in [0.15, 0.2) is 60.7 Å². The fourth-order valence-corrected chi connectivity index (χ4v) is 7.67. The maximum absolute atomic E-state index is 6.97. The molecule has 0 saturated heterocycles. The predicted molar refractivity (Wildman–Crippen MR) is 204 cm³/mol. The summed E-state index contributed by atoms with van der Waals surface area (Å²) >= 11 is 0. The molecule has 5 rings (SSSR count). The molecule has 8 heteroatoms. The molecule has 3 aromatic rings. The summed E-state index contributed by atoms with van der Waals surface area (Å²) in [5.74, 6) is 4.22. The van der Waals surface area contributed by atoms with Gasteiger partial charge in [-0.3, -0.25) is 0 Å². The van der Waals surface area contributed by atoms with Crippen molar-refractivity contribution in [1.82, 2.24) is 4.90 Å². The first kappa shape index (κ1) is 36.1. The zero-order valence-electron chi connectivity index (χ0n) is 31.4. The van der Waals surface area contributed by atoms with Gasteiger partial charge >= 0.3 is 0 Å². The monoisotopic (exact) mass is 687 g/mol. The summed E-state index contributed by atoms with van der Waals surface area (Å²) in [7, 11) is -4.05. The Balaban J connectivity index is 1.52. The molecule has 0 saturated carbocycles. The molecule has 0 spiro atoms. The van der Waals surface area contributed by atoms with Crippen LogP contribution in [-0.2, 0) is 0 Å². The highest BCUT2D eigenvalue weighted by Gasteiger charge is 2.41. The summed E-state index contributed by atoms with van der Waals surface area (Å²) in [4.78, 5) is 2.37. The molecule has 3 aromatic carbocycles. The Bertz CT molecular complexity index is 1630. The van der Waals surface area contributed by atoms with E-state index in [4.69, 9.17) is 23.1 Å². The van der Waals surface area contributed by atoms with E-state index < -0.39 is 16.6 Å². The third-order valence-electron chi connectivity index (χ3n) is 10.8. The molecule has 0 aliphatic carbocycles. The van der Waals surface area contributed by atoms with Crippen LogP contribution >= 0.6 is 0 Å². The van der Waals surface area contributed by atoms with E-state index in [-0.39, 0.29) is 16.2 Å². The lowest BCUT2D eigenvalue weighted by atomic mass is 9.84. The minimum Gasteiger partial charge on any atom is -0.543 e. The van der Waals surface area contributed by atoms with Crippen molar-refractivity contribution in [3.05, 3.63) is 77.4 Å². The van der Waals surface area contributed by atoms with Crippen LogP contribution in [0.2, 0.25) is 36.3 Å². The van der Waals surface area contributed by atoms with Gasteiger partial charge in [-0.05, 0) is 91.3 Å². The Kier molecular flexibility index (Phi) is 10.2. The molecule has 0 fully saturated rings. The second-order valence-electron chi connectivity index (χ2n) is 16.2. The fraction of sp³-hybridized carbons (Fsp3) is 0.500. The second-order valence-corrected chi connectivity index (χ2v) is 25.6. The number of rotatable bonds is 11. The van der Waals surface area contributed by atoms with E-state index in [1.807, 2.05) is 0 Å². The van der Waals surface area contributed by atoms with Crippen molar-refractivity contribution in [2.75, 3.05) is 32.8 Å². The highest BCUT2D eigenvalue weighted by Crippen LogP contribution is 2.53. The topological polar surface area (TPSA) is 49.4 Å². The average molecular weight is 688 g/mol. The Morgan fingerprint density at radius 2 is 1.23 bits per heavy atom. The first-order chi connectivity index (χ1) is 22.4. The molecule has 48 heavy (non-hydrogen) atoms. The predicted octanol–water partition coefficient (Wildman–Crippen LogP) is 10.6. The molecule has 2 heterocycles. The molecular weight excluding hydrogens is 631 g/mol. The summed E-state index contributed by atoms with van der Waals surface area (Å²) in [5, 5.41) is 0.186. The molecule has 2 aliphatic heterocycles. The highest BCUT2D eigenvalue weighted by atomic mass is 28.4. The Hall–Kier alpha value is -3.21. The smallest absolute Gasteiger partial charge is 0.250 e. The Morgan fingerprint density at radius 3 is 1.77 bits per heavy atom. The molecule has 0 radical (unpaired) electrons. The van der Waals surface area contributed by atoms with E-state index in [1.54, 1.807) is 0 Å². The molecule has 260 valence electrons. The van der Waals surface area contributed by atoms with Gasteiger partial charge in [0.25, 0.3) is 0 Å². The molecule has 0 bridgehead atoms. The van der Waals surface area contributed by atoms with E-state index in [9.17, 15) is 0 Å². The summed E-state index contributed by atoms with van der Waals surface area (Å²) in [6.07, 6.45) is -0.324. The van der Waals surface area contributed by atoms with Crippen LogP contribution < -0.4 is 23.1 Å². The number of ether oxygens (including phenoxy) is 3. The van der Waals surface area contributed by atoms with E-state index in [0.29, 0.717) is 13.2 Å². The van der Waals surface area contributed by atoms with E-state index in [0.717, 1.165) is 76.2 Å². The van der Waals surface area contributed by atoms with Crippen molar-refractivity contribution in [2.45, 2.75) is 97.8 Å². The molecule has 0 amide bonds. The number of hydrogen-bond donors (Lipinski definition) is 0. The minimum atomic E-state index is -2.04. The third-order valence-corrected chi connectivity index (χ3v) is 19.6. The first-order valence-corrected chi connectivity index (χ1v) is 23.4. The van der Waals surface area contributed by atoms with Crippen LogP contribution in [0, 0.1) is 0 Å². The van der Waals surface area contributed by atoms with Gasteiger partial charge in [0.1, 0.15) is 42.0 Å². The van der Waals surface area contributed by atoms with Gasteiger partial charge in [0.2, 0.25) is 16.6 Å². The van der Waals surface area contributed by atoms with Crippen LogP contribution in [0.25, 0.3) is 11.1 Å². The lowest BCUT2D eigenvalue weighted by Crippen LogP contribution is -2.43. The van der Waals surface area contributed by atoms with Gasteiger partial charge in [0.05, 0.1) is 0 Å². The van der Waals surface area contributed by atoms with Gasteiger partial charge in [-0.15, -0.1) is 0 Å². The van der Waals surface area contributed by atoms with Gasteiger partial charge in [-0.25, -0.2) is 0 Å². The average Bonchev–Trinajstić information content (AvgIpc) is 3.01. The maximum atomic E-state index is 6.97. The van der Waals surface area contributed by atoms with Gasteiger partial charge in [0.15, 0.2) is 6.10 Å². The molecule has 2 aliphatic rings. The fourth-order valence-electron chi connectivity index (χ4n) is 5.62. The van der Waals surface area contributed by atoms with Crippen LogP contribution in [0.5, 0.6) is 28.7 Å². The molecule has 6 nitrogen and oxygen atoms in total. The summed E-state index contributed by atoms with van der Waals surface area (Å²) < 4.78 is 33.0. The number of fused-ring (bicyclic) bond motifs is 4. The zero-order valence-corrected chi connectivity index (χ0v) is 33.4. The number of benzene rings is 3. The zero-order chi connectivity index (χ0) is 35.1. The summed E-state index contributed by atoms with van der Waals surface area (Å²) in [6.45, 7) is 31.1. The lowest BCUT2D eigenvalue weighted by Gasteiger charge is -2.38. The van der Waals surface area contributed by atoms with Crippen molar-refractivity contribution in [3.8, 4) is 28.7 Å². The minimum absolute atomic E-state index is 0.0885. The van der Waals surface area contributed by atoms with Gasteiger partial charge in [0, 0.05) is 41.0 Å². The molecular formula is C40H57NO5Si2. The van der Waals surface area contributed by atoms with Gasteiger partial charge in [-0.2, -0.15) is 0 Å². The van der Waals surface area contributed by atoms with E-state index >= 15 is 0 Å². The number of likely N-dealkylation sites (N-methyl/N-ethyl adjacent to an activating group) is 1. The summed E-state index contributed by atoms with van der Waals surface area (Å²) in [6, 6.07) is 21.0. The molecule has 1 atom stereocenters. The highest BCUT2D eigenvalue weighted by molar-refractivity contribution is 6.75. The van der Waals surface area contributed by atoms with Crippen molar-refractivity contribution in [2.24, 2.45) is 0 Å². The van der Waals surface area contributed by atoms with Crippen LogP contribution in [0.3, 0.4) is 0 Å². The first-order valence-electron chi connectivity index (χ1n) is 17.6. The van der Waals surface area contributed by atoms with E-state index in [1.165, 1.54) is 0 Å². The normalized spacial score (nSPS) is 16.4. The number of hydrogen-bond acceptors (Lipinski definition) is 6. The van der Waals surface area contributed by atoms with Crippen molar-refractivity contribution >= 4 is 27.8 Å². The van der Waals surface area contributed by atoms with Crippen LogP contribution in [0.1, 0.15) is 78.2 Å². The SMILES string of the molecule is CCN(CC)CCOc1ccc(C2Oc3cc(O[Si](C)(C)C(C)(C)C)ccc3C3=C2c2ccc(O[Si](C)(C)C(C)(C)C)cc2OC3)cc1. The second kappa shape index (κ2) is 13.6. The van der Waals surface area contributed by atoms with Crippen molar-refractivity contribution < 1.29 is 23.1 Å². The van der Waals surface area contributed by atoms with Crippen molar-refractivity contribution in [1.29, 1.82) is 0 Å². The van der Waals surface area contributed by atoms with E-state index in [2.05, 4.69) is 147 Å². The molecule has 0 N–H and O–H groups in total. The van der Waals surface area contributed by atoms with Crippen LogP contribution in [0.4, 0.5) is 0 Å². The standard InChI is InChI=1S/C40H57NO5Si2/c1-13-41(14-2)23-24-42-29-17-15-28(16-18-29)38-37-33-22-20-30(45-47(9,10)39(3,4)5)25-35(33)43-27-34(37)32-21-19-31(26-36(32)44-38)46-48(11,12)40(6,7)8/h15-22,25-26,38H,13-14,23-24,27H2,1-12H3. The lowest BCUT2D eigenvalue weighted by molar-refractivity contribution is 0.222. The maximum Gasteiger partial charge on any atom is 0.250 e. The number of nitrogens with zero attached hydrogens (tertiary/aromatic N) is 1. The van der Waals surface area contributed by atoms with Crippen molar-refractivity contribution in [3.63, 3.8) is 0 Å². The van der Waals surface area contributed by atoms with Gasteiger partial charge < -0.3 is 28.0 Å². The largest absolute Gasteiger partial charge is 0.543 e. The molecule has 0 aromatic heterocycles. The quantitative estimate of drug-likeness (QED) is 0.187.